The fraction of sp³-hybridized carbons (Fsp3) is 0.400. The first kappa shape index (κ1) is 17.1. The zero-order valence-corrected chi connectivity index (χ0v) is 15.9. The lowest BCUT2D eigenvalue weighted by molar-refractivity contribution is -0.298. The van der Waals surface area contributed by atoms with E-state index in [1.54, 1.807) is 25.1 Å². The van der Waals surface area contributed by atoms with E-state index in [-0.39, 0.29) is 16.5 Å². The Bertz CT molecular complexity index is 851. The second kappa shape index (κ2) is 5.35. The van der Waals surface area contributed by atoms with Gasteiger partial charge in [0.2, 0.25) is 0 Å². The number of benzene rings is 2. The van der Waals surface area contributed by atoms with Crippen molar-refractivity contribution in [3.8, 4) is 11.1 Å². The van der Waals surface area contributed by atoms with Gasteiger partial charge in [-0.1, -0.05) is 48.0 Å². The van der Waals surface area contributed by atoms with Crippen LogP contribution in [0.5, 0.6) is 0 Å². The molecule has 132 valence electrons. The molecule has 5 heteroatoms. The first-order valence-corrected chi connectivity index (χ1v) is 9.03. The highest BCUT2D eigenvalue weighted by molar-refractivity contribution is 9.10. The van der Waals surface area contributed by atoms with Crippen LogP contribution in [0.1, 0.15) is 37.5 Å². The van der Waals surface area contributed by atoms with E-state index in [0.29, 0.717) is 34.4 Å². The Kier molecular flexibility index (Phi) is 3.67. The number of ether oxygens (including phenoxy) is 2. The molecule has 1 heterocycles. The van der Waals surface area contributed by atoms with Crippen molar-refractivity contribution in [1.82, 2.24) is 0 Å². The van der Waals surface area contributed by atoms with Gasteiger partial charge in [-0.05, 0) is 36.2 Å². The molecule has 4 rings (SSSR count). The molecule has 2 aromatic rings. The van der Waals surface area contributed by atoms with Crippen LogP contribution < -0.4 is 0 Å². The van der Waals surface area contributed by atoms with Crippen LogP contribution in [0.3, 0.4) is 0 Å². The second-order valence-corrected chi connectivity index (χ2v) is 8.63. The van der Waals surface area contributed by atoms with Gasteiger partial charge >= 0.3 is 0 Å². The summed E-state index contributed by atoms with van der Waals surface area (Å²) >= 11 is 3.28. The fourth-order valence-corrected chi connectivity index (χ4v) is 3.75. The van der Waals surface area contributed by atoms with E-state index in [1.165, 1.54) is 12.1 Å². The molecule has 0 unspecified atom stereocenters. The normalized spacial score (nSPS) is 22.3. The van der Waals surface area contributed by atoms with Gasteiger partial charge in [0, 0.05) is 26.6 Å². The van der Waals surface area contributed by atoms with Crippen LogP contribution in [-0.2, 0) is 21.2 Å². The summed E-state index contributed by atoms with van der Waals surface area (Å²) < 4.78 is 42.5. The molecule has 0 spiro atoms. The summed E-state index contributed by atoms with van der Waals surface area (Å²) in [5.41, 5.74) is 1.72. The first-order chi connectivity index (χ1) is 11.6. The summed E-state index contributed by atoms with van der Waals surface area (Å²) in [4.78, 5) is 0. The van der Waals surface area contributed by atoms with Gasteiger partial charge in [0.1, 0.15) is 0 Å². The van der Waals surface area contributed by atoms with Crippen molar-refractivity contribution in [2.24, 2.45) is 5.41 Å². The maximum Gasteiger partial charge on any atom is 0.299 e. The van der Waals surface area contributed by atoms with Crippen LogP contribution in [0.15, 0.2) is 40.9 Å². The van der Waals surface area contributed by atoms with Crippen LogP contribution in [0.25, 0.3) is 11.1 Å². The zero-order valence-electron chi connectivity index (χ0n) is 14.3. The molecule has 0 atom stereocenters. The van der Waals surface area contributed by atoms with Gasteiger partial charge in [-0.3, -0.25) is 0 Å². The van der Waals surface area contributed by atoms with Crippen molar-refractivity contribution >= 4 is 15.9 Å². The van der Waals surface area contributed by atoms with Crippen LogP contribution in [0.4, 0.5) is 8.78 Å². The summed E-state index contributed by atoms with van der Waals surface area (Å²) in [6.45, 7) is 6.94. The Morgan fingerprint density at radius 2 is 1.44 bits per heavy atom. The maximum atomic E-state index is 15.0. The SMILES string of the molecule is CC1(C)COC(C)(c2ccc3c(c2)C(F)(F)c2cc(Br)ccc2-3)OC1. The van der Waals surface area contributed by atoms with Gasteiger partial charge < -0.3 is 9.47 Å². The molecule has 0 N–H and O–H groups in total. The molecule has 1 aliphatic heterocycles. The summed E-state index contributed by atoms with van der Waals surface area (Å²) in [5.74, 6) is -4.04. The monoisotopic (exact) mass is 408 g/mol. The molecule has 0 amide bonds. The Hall–Kier alpha value is -1.30. The molecular weight excluding hydrogens is 390 g/mol. The van der Waals surface area contributed by atoms with E-state index in [2.05, 4.69) is 29.8 Å². The molecule has 0 aromatic heterocycles. The zero-order chi connectivity index (χ0) is 18.0. The van der Waals surface area contributed by atoms with E-state index in [0.717, 1.165) is 0 Å². The lowest BCUT2D eigenvalue weighted by Gasteiger charge is -2.41. The quantitative estimate of drug-likeness (QED) is 0.592. The largest absolute Gasteiger partial charge is 0.345 e. The highest BCUT2D eigenvalue weighted by Crippen LogP contribution is 2.52. The van der Waals surface area contributed by atoms with Crippen LogP contribution in [-0.4, -0.2) is 13.2 Å². The van der Waals surface area contributed by atoms with E-state index in [4.69, 9.17) is 9.47 Å². The summed E-state index contributed by atoms with van der Waals surface area (Å²) in [6, 6.07) is 10.1. The smallest absolute Gasteiger partial charge is 0.299 e. The summed E-state index contributed by atoms with van der Waals surface area (Å²) in [6.07, 6.45) is 0. The molecule has 2 aromatic carbocycles. The van der Waals surface area contributed by atoms with Gasteiger partial charge in [0.25, 0.3) is 5.92 Å². The minimum absolute atomic E-state index is 0.0105. The molecule has 0 bridgehead atoms. The van der Waals surface area contributed by atoms with E-state index >= 15 is 8.78 Å². The lowest BCUT2D eigenvalue weighted by atomic mass is 9.92. The molecule has 0 radical (unpaired) electrons. The molecule has 1 aliphatic carbocycles. The molecule has 0 saturated carbocycles. The predicted molar refractivity (Wildman–Crippen MR) is 95.6 cm³/mol. The minimum atomic E-state index is -3.03. The highest BCUT2D eigenvalue weighted by Gasteiger charge is 2.46. The average Bonchev–Trinajstić information content (AvgIpc) is 2.78. The standard InChI is InChI=1S/C20H19BrF2O2/c1-18(2)10-24-19(3,25-11-18)12-4-6-14-15-7-5-13(21)9-17(15)20(22,23)16(14)8-12/h4-9H,10-11H2,1-3H3. The number of alkyl halides is 2. The van der Waals surface area contributed by atoms with Gasteiger partial charge in [-0.2, -0.15) is 8.78 Å². The third kappa shape index (κ3) is 2.64. The predicted octanol–water partition coefficient (Wildman–Crippen LogP) is 5.82. The van der Waals surface area contributed by atoms with Crippen molar-refractivity contribution in [1.29, 1.82) is 0 Å². The maximum absolute atomic E-state index is 15.0. The fourth-order valence-electron chi connectivity index (χ4n) is 3.39. The lowest BCUT2D eigenvalue weighted by Crippen LogP contribution is -2.43. The van der Waals surface area contributed by atoms with Gasteiger partial charge in [0.15, 0.2) is 5.79 Å². The average molecular weight is 409 g/mol. The van der Waals surface area contributed by atoms with Crippen LogP contribution in [0, 0.1) is 5.41 Å². The topological polar surface area (TPSA) is 18.5 Å². The molecule has 1 saturated heterocycles. The molecule has 1 fully saturated rings. The Morgan fingerprint density at radius 1 is 0.880 bits per heavy atom. The number of hydrogen-bond acceptors (Lipinski definition) is 2. The van der Waals surface area contributed by atoms with E-state index < -0.39 is 11.7 Å². The summed E-state index contributed by atoms with van der Waals surface area (Å²) in [7, 11) is 0. The third-order valence-electron chi connectivity index (χ3n) is 4.97. The van der Waals surface area contributed by atoms with Crippen molar-refractivity contribution in [2.75, 3.05) is 13.2 Å². The minimum Gasteiger partial charge on any atom is -0.345 e. The Balaban J connectivity index is 1.78. The number of fused-ring (bicyclic) bond motifs is 3. The number of hydrogen-bond donors (Lipinski definition) is 0. The first-order valence-electron chi connectivity index (χ1n) is 8.24. The number of rotatable bonds is 1. The molecule has 2 aliphatic rings. The number of halogens is 3. The second-order valence-electron chi connectivity index (χ2n) is 7.71. The van der Waals surface area contributed by atoms with Gasteiger partial charge in [-0.25, -0.2) is 0 Å². The van der Waals surface area contributed by atoms with Crippen molar-refractivity contribution < 1.29 is 18.3 Å². The summed E-state index contributed by atoms with van der Waals surface area (Å²) in [5, 5.41) is 0. The highest BCUT2D eigenvalue weighted by atomic mass is 79.9. The van der Waals surface area contributed by atoms with Gasteiger partial charge in [-0.15, -0.1) is 0 Å². The molecule has 25 heavy (non-hydrogen) atoms. The Labute approximate surface area is 154 Å². The van der Waals surface area contributed by atoms with E-state index in [1.807, 2.05) is 6.07 Å². The van der Waals surface area contributed by atoms with Crippen LogP contribution >= 0.6 is 15.9 Å². The Morgan fingerprint density at radius 3 is 2.08 bits per heavy atom. The van der Waals surface area contributed by atoms with E-state index in [9.17, 15) is 0 Å². The third-order valence-corrected chi connectivity index (χ3v) is 5.46. The molecule has 2 nitrogen and oxygen atoms in total. The van der Waals surface area contributed by atoms with Crippen molar-refractivity contribution in [2.45, 2.75) is 32.5 Å². The molecular formula is C20H19BrF2O2. The van der Waals surface area contributed by atoms with Gasteiger partial charge in [0.05, 0.1) is 13.2 Å². The van der Waals surface area contributed by atoms with Crippen LogP contribution in [0.2, 0.25) is 0 Å². The van der Waals surface area contributed by atoms with Crippen molar-refractivity contribution in [3.05, 3.63) is 57.6 Å². The van der Waals surface area contributed by atoms with Crippen molar-refractivity contribution in [3.63, 3.8) is 0 Å².